The molecule has 0 bridgehead atoms. The molecule has 0 spiro atoms. The van der Waals surface area contributed by atoms with Gasteiger partial charge in [0.15, 0.2) is 11.5 Å². The first-order valence-corrected chi connectivity index (χ1v) is 7.11. The molecule has 0 aliphatic carbocycles. The zero-order valence-corrected chi connectivity index (χ0v) is 13.1. The van der Waals surface area contributed by atoms with Crippen LogP contribution in [0.3, 0.4) is 0 Å². The largest absolute Gasteiger partial charge is 0.493 e. The van der Waals surface area contributed by atoms with E-state index in [1.807, 2.05) is 0 Å². The van der Waals surface area contributed by atoms with E-state index in [1.54, 1.807) is 29.1 Å². The molecule has 0 saturated heterocycles. The molecular formula is C15H19ClN2O3. The van der Waals surface area contributed by atoms with Crippen molar-refractivity contribution >= 4 is 11.6 Å². The molecule has 1 N–H and O–H groups in total. The summed E-state index contributed by atoms with van der Waals surface area (Å²) in [5.41, 5.74) is 1.36. The third-order valence-corrected chi connectivity index (χ3v) is 3.52. The number of aliphatic hydroxyl groups excluding tert-OH is 1. The van der Waals surface area contributed by atoms with Gasteiger partial charge in [-0.05, 0) is 30.2 Å². The lowest BCUT2D eigenvalue weighted by Crippen LogP contribution is -2.10. The molecule has 2 rings (SSSR count). The molecule has 114 valence electrons. The molecule has 1 atom stereocenters. The van der Waals surface area contributed by atoms with Crippen LogP contribution in [-0.4, -0.2) is 29.1 Å². The van der Waals surface area contributed by atoms with Crippen LogP contribution in [0.2, 0.25) is 5.02 Å². The second kappa shape index (κ2) is 6.83. The number of aromatic nitrogens is 2. The van der Waals surface area contributed by atoms with Gasteiger partial charge in [-0.2, -0.15) is 5.10 Å². The smallest absolute Gasteiger partial charge is 0.179 e. The Morgan fingerprint density at radius 1 is 1.33 bits per heavy atom. The number of hydrogen-bond acceptors (Lipinski definition) is 4. The maximum Gasteiger partial charge on any atom is 0.179 e. The summed E-state index contributed by atoms with van der Waals surface area (Å²) in [6, 6.07) is 5.19. The first kappa shape index (κ1) is 15.7. The van der Waals surface area contributed by atoms with Crippen LogP contribution in [0.4, 0.5) is 0 Å². The normalized spacial score (nSPS) is 12.2. The van der Waals surface area contributed by atoms with Gasteiger partial charge in [-0.3, -0.25) is 4.68 Å². The Hall–Kier alpha value is -1.72. The van der Waals surface area contributed by atoms with E-state index >= 15 is 0 Å². The minimum Gasteiger partial charge on any atom is -0.493 e. The van der Waals surface area contributed by atoms with Crippen LogP contribution in [-0.2, 0) is 6.54 Å². The van der Waals surface area contributed by atoms with E-state index in [0.717, 1.165) is 18.7 Å². The molecule has 1 heterocycles. The lowest BCUT2D eigenvalue weighted by atomic mass is 10.1. The molecule has 1 aromatic heterocycles. The minimum atomic E-state index is -0.823. The van der Waals surface area contributed by atoms with Crippen molar-refractivity contribution in [2.45, 2.75) is 26.0 Å². The van der Waals surface area contributed by atoms with Gasteiger partial charge >= 0.3 is 0 Å². The number of rotatable bonds is 6. The van der Waals surface area contributed by atoms with Gasteiger partial charge in [-0.1, -0.05) is 18.5 Å². The van der Waals surface area contributed by atoms with Crippen LogP contribution >= 0.6 is 11.6 Å². The predicted octanol–water partition coefficient (Wildman–Crippen LogP) is 3.05. The van der Waals surface area contributed by atoms with E-state index in [2.05, 4.69) is 12.0 Å². The molecule has 21 heavy (non-hydrogen) atoms. The van der Waals surface area contributed by atoms with E-state index in [-0.39, 0.29) is 0 Å². The summed E-state index contributed by atoms with van der Waals surface area (Å²) in [6.07, 6.45) is 1.79. The Kier molecular flexibility index (Phi) is 5.09. The van der Waals surface area contributed by atoms with Gasteiger partial charge in [-0.25, -0.2) is 0 Å². The van der Waals surface area contributed by atoms with Crippen LogP contribution in [0.25, 0.3) is 0 Å². The maximum atomic E-state index is 10.6. The van der Waals surface area contributed by atoms with Crippen LogP contribution < -0.4 is 9.47 Å². The molecule has 0 radical (unpaired) electrons. The highest BCUT2D eigenvalue weighted by Crippen LogP contribution is 2.38. The first-order chi connectivity index (χ1) is 10.1. The lowest BCUT2D eigenvalue weighted by Gasteiger charge is -2.16. The van der Waals surface area contributed by atoms with Gasteiger partial charge in [0, 0.05) is 12.7 Å². The number of methoxy groups -OCH3 is 2. The van der Waals surface area contributed by atoms with Gasteiger partial charge in [0.05, 0.1) is 24.9 Å². The molecule has 0 aliphatic rings. The topological polar surface area (TPSA) is 56.5 Å². The van der Waals surface area contributed by atoms with Crippen molar-refractivity contribution in [3.05, 3.63) is 40.7 Å². The molecule has 0 fully saturated rings. The Balaban J connectivity index is 2.41. The van der Waals surface area contributed by atoms with Gasteiger partial charge in [0.25, 0.3) is 0 Å². The fourth-order valence-corrected chi connectivity index (χ4v) is 2.54. The fourth-order valence-electron chi connectivity index (χ4n) is 2.24. The van der Waals surface area contributed by atoms with Gasteiger partial charge in [-0.15, -0.1) is 0 Å². The van der Waals surface area contributed by atoms with Crippen molar-refractivity contribution in [1.29, 1.82) is 0 Å². The standard InChI is InChI=1S/C15H19ClN2O3/c1-4-7-18-12(5-6-17-18)14(19)10-8-11(16)15(21-3)13(9-10)20-2/h5-6,8-9,14,19H,4,7H2,1-3H3. The second-order valence-electron chi connectivity index (χ2n) is 4.62. The van der Waals surface area contributed by atoms with Crippen molar-refractivity contribution in [2.75, 3.05) is 14.2 Å². The average molecular weight is 311 g/mol. The number of halogens is 1. The predicted molar refractivity (Wildman–Crippen MR) is 81.1 cm³/mol. The molecule has 5 nitrogen and oxygen atoms in total. The highest BCUT2D eigenvalue weighted by atomic mass is 35.5. The van der Waals surface area contributed by atoms with Crippen LogP contribution in [0.1, 0.15) is 30.7 Å². The zero-order chi connectivity index (χ0) is 15.4. The maximum absolute atomic E-state index is 10.6. The molecular weight excluding hydrogens is 292 g/mol. The van der Waals surface area contributed by atoms with E-state index in [9.17, 15) is 5.11 Å². The van der Waals surface area contributed by atoms with Crippen molar-refractivity contribution in [3.63, 3.8) is 0 Å². The third kappa shape index (κ3) is 3.14. The molecule has 0 amide bonds. The summed E-state index contributed by atoms with van der Waals surface area (Å²) >= 11 is 6.18. The quantitative estimate of drug-likeness (QED) is 0.891. The van der Waals surface area contributed by atoms with Crippen molar-refractivity contribution in [2.24, 2.45) is 0 Å². The molecule has 2 aromatic rings. The summed E-state index contributed by atoms with van der Waals surface area (Å²) in [5.74, 6) is 0.942. The monoisotopic (exact) mass is 310 g/mol. The zero-order valence-electron chi connectivity index (χ0n) is 12.3. The van der Waals surface area contributed by atoms with Crippen LogP contribution in [0.15, 0.2) is 24.4 Å². The molecule has 0 aliphatic heterocycles. The minimum absolute atomic E-state index is 0.396. The summed E-state index contributed by atoms with van der Waals surface area (Å²) in [6.45, 7) is 2.81. The number of aryl methyl sites for hydroxylation is 1. The molecule has 1 unspecified atom stereocenters. The van der Waals surface area contributed by atoms with E-state index in [4.69, 9.17) is 21.1 Å². The van der Waals surface area contributed by atoms with Crippen LogP contribution in [0, 0.1) is 0 Å². The van der Waals surface area contributed by atoms with Gasteiger partial charge in [0.1, 0.15) is 6.10 Å². The van der Waals surface area contributed by atoms with E-state index in [1.165, 1.54) is 14.2 Å². The second-order valence-corrected chi connectivity index (χ2v) is 5.03. The van der Waals surface area contributed by atoms with Gasteiger partial charge in [0.2, 0.25) is 0 Å². The Morgan fingerprint density at radius 3 is 2.71 bits per heavy atom. The van der Waals surface area contributed by atoms with Gasteiger partial charge < -0.3 is 14.6 Å². The van der Waals surface area contributed by atoms with E-state index in [0.29, 0.717) is 22.1 Å². The highest BCUT2D eigenvalue weighted by molar-refractivity contribution is 6.32. The Bertz CT molecular complexity index is 613. The first-order valence-electron chi connectivity index (χ1n) is 6.73. The summed E-state index contributed by atoms with van der Waals surface area (Å²) in [5, 5.41) is 15.2. The number of aliphatic hydroxyl groups is 1. The lowest BCUT2D eigenvalue weighted by molar-refractivity contribution is 0.206. The third-order valence-electron chi connectivity index (χ3n) is 3.24. The Labute approximate surface area is 129 Å². The van der Waals surface area contributed by atoms with Crippen molar-refractivity contribution in [1.82, 2.24) is 9.78 Å². The van der Waals surface area contributed by atoms with Crippen molar-refractivity contribution in [3.8, 4) is 11.5 Å². The molecule has 6 heteroatoms. The highest BCUT2D eigenvalue weighted by Gasteiger charge is 2.19. The number of hydrogen-bond donors (Lipinski definition) is 1. The van der Waals surface area contributed by atoms with Crippen LogP contribution in [0.5, 0.6) is 11.5 Å². The molecule has 0 saturated carbocycles. The number of nitrogens with zero attached hydrogens (tertiary/aromatic N) is 2. The Morgan fingerprint density at radius 2 is 2.10 bits per heavy atom. The summed E-state index contributed by atoms with van der Waals surface area (Å²) in [7, 11) is 3.06. The molecule has 1 aromatic carbocycles. The summed E-state index contributed by atoms with van der Waals surface area (Å²) in [4.78, 5) is 0. The number of benzene rings is 1. The SMILES string of the molecule is CCCn1nccc1C(O)c1cc(Cl)c(OC)c(OC)c1. The summed E-state index contributed by atoms with van der Waals surface area (Å²) < 4.78 is 12.2. The van der Waals surface area contributed by atoms with Crippen molar-refractivity contribution < 1.29 is 14.6 Å². The van der Waals surface area contributed by atoms with E-state index < -0.39 is 6.10 Å². The number of ether oxygens (including phenoxy) is 2. The fraction of sp³-hybridized carbons (Fsp3) is 0.400. The average Bonchev–Trinajstić information content (AvgIpc) is 2.94.